The minimum atomic E-state index is -0.476. The lowest BCUT2D eigenvalue weighted by molar-refractivity contribution is -0.157. The molecule has 0 aromatic carbocycles. The molecule has 1 rings (SSSR count). The van der Waals surface area contributed by atoms with Gasteiger partial charge in [0.15, 0.2) is 0 Å². The summed E-state index contributed by atoms with van der Waals surface area (Å²) >= 11 is 0. The van der Waals surface area contributed by atoms with Crippen LogP contribution in [0.25, 0.3) is 0 Å². The van der Waals surface area contributed by atoms with Crippen LogP contribution in [-0.4, -0.2) is 48.1 Å². The molecular weight excluding hydrogens is 220 g/mol. The number of methoxy groups -OCH3 is 1. The van der Waals surface area contributed by atoms with Crippen molar-refractivity contribution in [2.75, 3.05) is 13.7 Å². The zero-order chi connectivity index (χ0) is 13.2. The molecule has 1 aliphatic heterocycles. The minimum Gasteiger partial charge on any atom is -0.382 e. The quantitative estimate of drug-likeness (QED) is 0.782. The first-order valence-corrected chi connectivity index (χ1v) is 5.97. The van der Waals surface area contributed by atoms with Crippen molar-refractivity contribution in [2.24, 2.45) is 0 Å². The Hall–Kier alpha value is -1.10. The van der Waals surface area contributed by atoms with Gasteiger partial charge in [0.2, 0.25) is 11.8 Å². The highest BCUT2D eigenvalue weighted by atomic mass is 16.5. The highest BCUT2D eigenvalue weighted by Gasteiger charge is 2.44. The second kappa shape index (κ2) is 5.04. The van der Waals surface area contributed by atoms with E-state index in [2.05, 4.69) is 5.32 Å². The van der Waals surface area contributed by atoms with Gasteiger partial charge in [-0.3, -0.25) is 9.59 Å². The fourth-order valence-corrected chi connectivity index (χ4v) is 2.35. The van der Waals surface area contributed by atoms with Gasteiger partial charge in [0.1, 0.15) is 12.1 Å². The number of piperazine rings is 1. The molecule has 2 unspecified atom stereocenters. The number of hydrogen-bond donors (Lipinski definition) is 1. The molecule has 1 fully saturated rings. The van der Waals surface area contributed by atoms with Gasteiger partial charge >= 0.3 is 0 Å². The van der Waals surface area contributed by atoms with Gasteiger partial charge in [-0.25, -0.2) is 0 Å². The Morgan fingerprint density at radius 3 is 2.47 bits per heavy atom. The number of nitrogens with zero attached hydrogens (tertiary/aromatic N) is 1. The summed E-state index contributed by atoms with van der Waals surface area (Å²) in [6.07, 6.45) is 0.608. The van der Waals surface area contributed by atoms with Crippen LogP contribution in [-0.2, 0) is 14.3 Å². The van der Waals surface area contributed by atoms with E-state index in [0.717, 1.165) is 0 Å². The van der Waals surface area contributed by atoms with Crippen molar-refractivity contribution in [2.45, 2.75) is 51.7 Å². The lowest BCUT2D eigenvalue weighted by Gasteiger charge is -2.46. The third-order valence-electron chi connectivity index (χ3n) is 3.18. The van der Waals surface area contributed by atoms with Gasteiger partial charge in [0.25, 0.3) is 0 Å². The van der Waals surface area contributed by atoms with Crippen LogP contribution >= 0.6 is 0 Å². The smallest absolute Gasteiger partial charge is 0.246 e. The number of carbonyl (C=O) groups excluding carboxylic acids is 2. The normalized spacial score (nSPS) is 26.1. The SMILES string of the molecule is CCC1NC(=O)C(C)N(C(C)(C)COC)C1=O. The van der Waals surface area contributed by atoms with Gasteiger partial charge in [0.05, 0.1) is 12.1 Å². The molecule has 17 heavy (non-hydrogen) atoms. The summed E-state index contributed by atoms with van der Waals surface area (Å²) in [5.41, 5.74) is -0.476. The maximum Gasteiger partial charge on any atom is 0.246 e. The first kappa shape index (κ1) is 14.0. The zero-order valence-corrected chi connectivity index (χ0v) is 11.2. The maximum atomic E-state index is 12.3. The standard InChI is InChI=1S/C12H22N2O3/c1-6-9-11(16)14(8(2)10(15)13-9)12(3,4)7-17-5/h8-9H,6-7H2,1-5H3,(H,13,15). The summed E-state index contributed by atoms with van der Waals surface area (Å²) in [6, 6.07) is -0.856. The number of ether oxygens (including phenoxy) is 1. The highest BCUT2D eigenvalue weighted by Crippen LogP contribution is 2.23. The van der Waals surface area contributed by atoms with Crippen LogP contribution in [0, 0.1) is 0 Å². The van der Waals surface area contributed by atoms with E-state index in [-0.39, 0.29) is 11.8 Å². The molecule has 0 aromatic rings. The summed E-state index contributed by atoms with van der Waals surface area (Å²) in [5.74, 6) is -0.123. The van der Waals surface area contributed by atoms with Crippen molar-refractivity contribution in [1.82, 2.24) is 10.2 Å². The third kappa shape index (κ3) is 2.60. The minimum absolute atomic E-state index is 0.0262. The summed E-state index contributed by atoms with van der Waals surface area (Å²) in [7, 11) is 1.60. The molecule has 0 aliphatic carbocycles. The van der Waals surface area contributed by atoms with E-state index in [1.54, 1.807) is 18.9 Å². The average Bonchev–Trinajstić information content (AvgIpc) is 2.23. The lowest BCUT2D eigenvalue weighted by atomic mass is 9.96. The molecule has 5 nitrogen and oxygen atoms in total. The van der Waals surface area contributed by atoms with Crippen molar-refractivity contribution >= 4 is 11.8 Å². The van der Waals surface area contributed by atoms with Crippen LogP contribution in [0.2, 0.25) is 0 Å². The van der Waals surface area contributed by atoms with Crippen molar-refractivity contribution < 1.29 is 14.3 Å². The lowest BCUT2D eigenvalue weighted by Crippen LogP contribution is -2.68. The summed E-state index contributed by atoms with van der Waals surface area (Å²) in [4.78, 5) is 25.8. The fraction of sp³-hybridized carbons (Fsp3) is 0.833. The van der Waals surface area contributed by atoms with Crippen molar-refractivity contribution in [1.29, 1.82) is 0 Å². The van der Waals surface area contributed by atoms with E-state index in [1.165, 1.54) is 0 Å². The Bertz CT molecular complexity index is 315. The second-order valence-electron chi connectivity index (χ2n) is 5.10. The first-order valence-electron chi connectivity index (χ1n) is 5.97. The summed E-state index contributed by atoms with van der Waals surface area (Å²) in [6.45, 7) is 7.87. The molecule has 5 heteroatoms. The number of hydrogen-bond acceptors (Lipinski definition) is 3. The van der Waals surface area contributed by atoms with Crippen molar-refractivity contribution in [3.05, 3.63) is 0 Å². The Kier molecular flexibility index (Phi) is 4.14. The van der Waals surface area contributed by atoms with E-state index in [9.17, 15) is 9.59 Å². The molecule has 2 amide bonds. The molecule has 98 valence electrons. The largest absolute Gasteiger partial charge is 0.382 e. The molecule has 0 spiro atoms. The van der Waals surface area contributed by atoms with E-state index < -0.39 is 17.6 Å². The molecule has 1 heterocycles. The van der Waals surface area contributed by atoms with Crippen LogP contribution in [0.4, 0.5) is 0 Å². The van der Waals surface area contributed by atoms with Crippen molar-refractivity contribution in [3.63, 3.8) is 0 Å². The number of rotatable bonds is 4. The first-order chi connectivity index (χ1) is 7.85. The van der Waals surface area contributed by atoms with Crippen LogP contribution in [0.5, 0.6) is 0 Å². The average molecular weight is 242 g/mol. The van der Waals surface area contributed by atoms with E-state index in [0.29, 0.717) is 13.0 Å². The number of nitrogens with one attached hydrogen (secondary N) is 1. The molecule has 0 bridgehead atoms. The Morgan fingerprint density at radius 1 is 1.41 bits per heavy atom. The van der Waals surface area contributed by atoms with Gasteiger partial charge in [-0.1, -0.05) is 6.92 Å². The van der Waals surface area contributed by atoms with Crippen molar-refractivity contribution in [3.8, 4) is 0 Å². The van der Waals surface area contributed by atoms with Gasteiger partial charge in [0, 0.05) is 7.11 Å². The van der Waals surface area contributed by atoms with E-state index >= 15 is 0 Å². The molecule has 0 aromatic heterocycles. The second-order valence-corrected chi connectivity index (χ2v) is 5.10. The van der Waals surface area contributed by atoms with Gasteiger partial charge in [-0.15, -0.1) is 0 Å². The molecule has 1 aliphatic rings. The highest BCUT2D eigenvalue weighted by molar-refractivity contribution is 5.97. The van der Waals surface area contributed by atoms with Crippen LogP contribution in [0.15, 0.2) is 0 Å². The topological polar surface area (TPSA) is 58.6 Å². The van der Waals surface area contributed by atoms with Gasteiger partial charge < -0.3 is 15.0 Å². The Morgan fingerprint density at radius 2 is 2.00 bits per heavy atom. The molecular formula is C12H22N2O3. The Labute approximate surface area is 102 Å². The zero-order valence-electron chi connectivity index (χ0n) is 11.2. The van der Waals surface area contributed by atoms with E-state index in [1.807, 2.05) is 20.8 Å². The maximum absolute atomic E-state index is 12.3. The monoisotopic (exact) mass is 242 g/mol. The van der Waals surface area contributed by atoms with Crippen LogP contribution < -0.4 is 5.32 Å². The van der Waals surface area contributed by atoms with Gasteiger partial charge in [-0.05, 0) is 27.2 Å². The summed E-state index contributed by atoms with van der Waals surface area (Å²) in [5, 5.41) is 2.74. The number of carbonyl (C=O) groups is 2. The fourth-order valence-electron chi connectivity index (χ4n) is 2.35. The third-order valence-corrected chi connectivity index (χ3v) is 3.18. The van der Waals surface area contributed by atoms with E-state index in [4.69, 9.17) is 4.74 Å². The predicted octanol–water partition coefficient (Wildman–Crippen LogP) is 0.537. The molecule has 1 N–H and O–H groups in total. The van der Waals surface area contributed by atoms with Crippen LogP contribution in [0.1, 0.15) is 34.1 Å². The van der Waals surface area contributed by atoms with Crippen LogP contribution in [0.3, 0.4) is 0 Å². The molecule has 0 saturated carbocycles. The van der Waals surface area contributed by atoms with Gasteiger partial charge in [-0.2, -0.15) is 0 Å². The Balaban J connectivity index is 3.00. The molecule has 0 radical (unpaired) electrons. The predicted molar refractivity (Wildman–Crippen MR) is 64.5 cm³/mol. The number of amides is 2. The molecule has 1 saturated heterocycles. The molecule has 2 atom stereocenters. The summed E-state index contributed by atoms with van der Waals surface area (Å²) < 4.78 is 5.14.